The second-order valence-corrected chi connectivity index (χ2v) is 9.37. The molecule has 1 amide bonds. The van der Waals surface area contributed by atoms with Gasteiger partial charge in [0, 0.05) is 6.42 Å². The molecule has 1 aromatic carbocycles. The van der Waals surface area contributed by atoms with Crippen LogP contribution in [0.3, 0.4) is 0 Å². The standard InChI is InChI=1S/C20H31NO7S/c1-20(2,3)28-19(23)21-17(15-27-29(4,24)25)12-8-9-13-18(22)26-14-16-10-6-5-7-11-16/h5-7,10-11,17H,8-9,12-15H2,1-4H3,(H,21,23)/t17-/m0/s1. The largest absolute Gasteiger partial charge is 0.461 e. The Hall–Kier alpha value is -2.13. The van der Waals surface area contributed by atoms with Gasteiger partial charge in [-0.2, -0.15) is 8.42 Å². The van der Waals surface area contributed by atoms with Crippen molar-refractivity contribution in [1.29, 1.82) is 0 Å². The zero-order chi connectivity index (χ0) is 21.9. The van der Waals surface area contributed by atoms with Gasteiger partial charge in [0.05, 0.1) is 18.9 Å². The number of esters is 1. The molecular formula is C20H31NO7S. The van der Waals surface area contributed by atoms with Crippen molar-refractivity contribution >= 4 is 22.2 Å². The molecule has 29 heavy (non-hydrogen) atoms. The van der Waals surface area contributed by atoms with Gasteiger partial charge in [-0.15, -0.1) is 0 Å². The predicted molar refractivity (Wildman–Crippen MR) is 109 cm³/mol. The van der Waals surface area contributed by atoms with Crippen LogP contribution in [0.5, 0.6) is 0 Å². The summed E-state index contributed by atoms with van der Waals surface area (Å²) in [4.78, 5) is 23.8. The average molecular weight is 430 g/mol. The van der Waals surface area contributed by atoms with E-state index >= 15 is 0 Å². The van der Waals surface area contributed by atoms with Crippen LogP contribution in [0.4, 0.5) is 4.79 Å². The molecule has 0 bridgehead atoms. The summed E-state index contributed by atoms with van der Waals surface area (Å²) in [5.74, 6) is -0.308. The SMILES string of the molecule is CC(C)(C)OC(=O)N[C@@H](CCCCC(=O)OCc1ccccc1)COS(C)(=O)=O. The van der Waals surface area contributed by atoms with E-state index in [0.29, 0.717) is 19.3 Å². The van der Waals surface area contributed by atoms with Gasteiger partial charge in [-0.3, -0.25) is 8.98 Å². The summed E-state index contributed by atoms with van der Waals surface area (Å²) in [6.07, 6.45) is 2.08. The first-order chi connectivity index (χ1) is 13.4. The molecule has 0 fully saturated rings. The second kappa shape index (κ2) is 11.8. The fourth-order valence-electron chi connectivity index (χ4n) is 2.35. The van der Waals surface area contributed by atoms with E-state index < -0.39 is 27.9 Å². The van der Waals surface area contributed by atoms with E-state index in [9.17, 15) is 18.0 Å². The minimum Gasteiger partial charge on any atom is -0.461 e. The highest BCUT2D eigenvalue weighted by Crippen LogP contribution is 2.11. The van der Waals surface area contributed by atoms with Crippen molar-refractivity contribution in [2.24, 2.45) is 0 Å². The number of ether oxygens (including phenoxy) is 2. The van der Waals surface area contributed by atoms with Crippen molar-refractivity contribution in [3.63, 3.8) is 0 Å². The maximum absolute atomic E-state index is 11.9. The fourth-order valence-corrected chi connectivity index (χ4v) is 2.76. The first kappa shape index (κ1) is 24.9. The molecule has 0 unspecified atom stereocenters. The zero-order valence-corrected chi connectivity index (χ0v) is 18.3. The molecule has 0 aliphatic rings. The molecule has 0 saturated carbocycles. The van der Waals surface area contributed by atoms with Crippen molar-refractivity contribution in [1.82, 2.24) is 5.32 Å². The van der Waals surface area contributed by atoms with Crippen LogP contribution in [0.2, 0.25) is 0 Å². The molecule has 0 aromatic heterocycles. The molecule has 0 heterocycles. The number of rotatable bonds is 11. The maximum Gasteiger partial charge on any atom is 0.407 e. The summed E-state index contributed by atoms with van der Waals surface area (Å²) in [5.41, 5.74) is 0.245. The Morgan fingerprint density at radius 2 is 1.76 bits per heavy atom. The van der Waals surface area contributed by atoms with E-state index in [-0.39, 0.29) is 25.6 Å². The van der Waals surface area contributed by atoms with Crippen molar-refractivity contribution in [2.45, 2.75) is 64.7 Å². The third-order valence-corrected chi connectivity index (χ3v) is 4.19. The highest BCUT2D eigenvalue weighted by Gasteiger charge is 2.20. The van der Waals surface area contributed by atoms with Crippen LogP contribution in [0.15, 0.2) is 30.3 Å². The lowest BCUT2D eigenvalue weighted by Gasteiger charge is -2.23. The average Bonchev–Trinajstić information content (AvgIpc) is 2.60. The van der Waals surface area contributed by atoms with Crippen LogP contribution in [0.1, 0.15) is 52.0 Å². The van der Waals surface area contributed by atoms with Crippen LogP contribution in [0, 0.1) is 0 Å². The van der Waals surface area contributed by atoms with Gasteiger partial charge in [0.2, 0.25) is 0 Å². The number of carbonyl (C=O) groups is 2. The van der Waals surface area contributed by atoms with Crippen LogP contribution >= 0.6 is 0 Å². The topological polar surface area (TPSA) is 108 Å². The highest BCUT2D eigenvalue weighted by atomic mass is 32.2. The van der Waals surface area contributed by atoms with Crippen LogP contribution in [-0.2, 0) is 35.2 Å². The van der Waals surface area contributed by atoms with E-state index in [1.807, 2.05) is 30.3 Å². The zero-order valence-electron chi connectivity index (χ0n) is 17.5. The van der Waals surface area contributed by atoms with Crippen LogP contribution in [-0.4, -0.2) is 45.0 Å². The number of benzene rings is 1. The summed E-state index contributed by atoms with van der Waals surface area (Å²) in [6, 6.07) is 8.84. The van der Waals surface area contributed by atoms with Gasteiger partial charge in [-0.25, -0.2) is 4.79 Å². The molecule has 1 rings (SSSR count). The molecule has 164 valence electrons. The molecule has 1 aromatic rings. The smallest absolute Gasteiger partial charge is 0.407 e. The summed E-state index contributed by atoms with van der Waals surface area (Å²) < 4.78 is 37.7. The Morgan fingerprint density at radius 1 is 1.10 bits per heavy atom. The van der Waals surface area contributed by atoms with Gasteiger partial charge >= 0.3 is 12.1 Å². The second-order valence-electron chi connectivity index (χ2n) is 7.72. The van der Waals surface area contributed by atoms with E-state index in [1.165, 1.54) is 0 Å². The normalized spacial score (nSPS) is 12.8. The lowest BCUT2D eigenvalue weighted by Crippen LogP contribution is -2.41. The lowest BCUT2D eigenvalue weighted by atomic mass is 10.1. The van der Waals surface area contributed by atoms with Crippen molar-refractivity contribution in [3.8, 4) is 0 Å². The summed E-state index contributed by atoms with van der Waals surface area (Å²) >= 11 is 0. The number of nitrogens with one attached hydrogen (secondary N) is 1. The third-order valence-electron chi connectivity index (χ3n) is 3.63. The summed E-state index contributed by atoms with van der Waals surface area (Å²) in [6.45, 7) is 5.22. The molecule has 0 radical (unpaired) electrons. The van der Waals surface area contributed by atoms with Crippen molar-refractivity contribution < 1.29 is 31.7 Å². The van der Waals surface area contributed by atoms with Gasteiger partial charge in [0.15, 0.2) is 0 Å². The van der Waals surface area contributed by atoms with Crippen LogP contribution < -0.4 is 5.32 Å². The van der Waals surface area contributed by atoms with Gasteiger partial charge in [-0.05, 0) is 39.2 Å². The number of hydrogen-bond donors (Lipinski definition) is 1. The number of alkyl carbamates (subject to hydrolysis) is 1. The molecule has 8 nitrogen and oxygen atoms in total. The Balaban J connectivity index is 2.39. The maximum atomic E-state index is 11.9. The molecule has 0 saturated heterocycles. The summed E-state index contributed by atoms with van der Waals surface area (Å²) in [5, 5.41) is 2.61. The van der Waals surface area contributed by atoms with Gasteiger partial charge in [0.25, 0.3) is 10.1 Å². The van der Waals surface area contributed by atoms with Gasteiger partial charge < -0.3 is 14.8 Å². The van der Waals surface area contributed by atoms with Gasteiger partial charge in [-0.1, -0.05) is 36.8 Å². The van der Waals surface area contributed by atoms with Crippen LogP contribution in [0.25, 0.3) is 0 Å². The molecule has 1 atom stereocenters. The van der Waals surface area contributed by atoms with E-state index in [1.54, 1.807) is 20.8 Å². The molecule has 1 N–H and O–H groups in total. The predicted octanol–water partition coefficient (Wildman–Crippen LogP) is 3.16. The Kier molecular flexibility index (Phi) is 10.1. The lowest BCUT2D eigenvalue weighted by molar-refractivity contribution is -0.145. The molecular weight excluding hydrogens is 398 g/mol. The van der Waals surface area contributed by atoms with Crippen molar-refractivity contribution in [3.05, 3.63) is 35.9 Å². The number of unbranched alkanes of at least 4 members (excludes halogenated alkanes) is 1. The molecule has 9 heteroatoms. The quantitative estimate of drug-likeness (QED) is 0.327. The number of carbonyl (C=O) groups excluding carboxylic acids is 2. The minimum atomic E-state index is -3.63. The Bertz CT molecular complexity index is 742. The molecule has 0 spiro atoms. The number of hydrogen-bond acceptors (Lipinski definition) is 7. The highest BCUT2D eigenvalue weighted by molar-refractivity contribution is 7.85. The fraction of sp³-hybridized carbons (Fsp3) is 0.600. The third kappa shape index (κ3) is 13.6. The first-order valence-electron chi connectivity index (χ1n) is 9.48. The minimum absolute atomic E-state index is 0.198. The van der Waals surface area contributed by atoms with E-state index in [2.05, 4.69) is 5.32 Å². The summed E-state index contributed by atoms with van der Waals surface area (Å²) in [7, 11) is -3.63. The van der Waals surface area contributed by atoms with Crippen molar-refractivity contribution in [2.75, 3.05) is 12.9 Å². The monoisotopic (exact) mass is 429 g/mol. The van der Waals surface area contributed by atoms with Gasteiger partial charge in [0.1, 0.15) is 12.2 Å². The van der Waals surface area contributed by atoms with E-state index in [4.69, 9.17) is 13.7 Å². The molecule has 0 aliphatic heterocycles. The van der Waals surface area contributed by atoms with E-state index in [0.717, 1.165) is 11.8 Å². The Morgan fingerprint density at radius 3 is 2.34 bits per heavy atom. The number of amides is 1. The molecule has 0 aliphatic carbocycles. The Labute approximate surface area is 173 Å². The first-order valence-corrected chi connectivity index (χ1v) is 11.3.